The van der Waals surface area contributed by atoms with Crippen LogP contribution in [-0.4, -0.2) is 37.3 Å². The highest BCUT2D eigenvalue weighted by Crippen LogP contribution is 2.23. The number of nitrogens with zero attached hydrogens (tertiary/aromatic N) is 1. The lowest BCUT2D eigenvalue weighted by atomic mass is 9.92. The van der Waals surface area contributed by atoms with Gasteiger partial charge in [-0.2, -0.15) is 0 Å². The average molecular weight is 264 g/mol. The van der Waals surface area contributed by atoms with Crippen LogP contribution in [0.1, 0.15) is 36.0 Å². The van der Waals surface area contributed by atoms with Crippen molar-refractivity contribution in [3.63, 3.8) is 0 Å². The van der Waals surface area contributed by atoms with Gasteiger partial charge in [0.25, 0.3) is 0 Å². The maximum Gasteiger partial charge on any atom is 0.338 e. The molecule has 1 saturated carbocycles. The zero-order valence-electron chi connectivity index (χ0n) is 11.4. The number of nitrogens with one attached hydrogen (secondary N) is 1. The smallest absolute Gasteiger partial charge is 0.338 e. The molecule has 1 fully saturated rings. The van der Waals surface area contributed by atoms with Crippen LogP contribution < -0.4 is 10.1 Å². The lowest BCUT2D eigenvalue weighted by Crippen LogP contribution is -2.43. The zero-order valence-corrected chi connectivity index (χ0v) is 11.4. The third kappa shape index (κ3) is 3.44. The molecule has 0 aromatic carbocycles. The van der Waals surface area contributed by atoms with E-state index in [-0.39, 0.29) is 12.1 Å². The van der Waals surface area contributed by atoms with Gasteiger partial charge in [-0.15, -0.1) is 0 Å². The van der Waals surface area contributed by atoms with Gasteiger partial charge in [-0.05, 0) is 32.4 Å². The van der Waals surface area contributed by atoms with Crippen LogP contribution in [0.4, 0.5) is 0 Å². The van der Waals surface area contributed by atoms with E-state index in [0.29, 0.717) is 17.5 Å². The Morgan fingerprint density at radius 1 is 1.42 bits per heavy atom. The van der Waals surface area contributed by atoms with E-state index in [1.807, 2.05) is 7.05 Å². The van der Waals surface area contributed by atoms with Crippen LogP contribution in [-0.2, 0) is 4.74 Å². The summed E-state index contributed by atoms with van der Waals surface area (Å²) in [5.74, 6) is 0.108. The van der Waals surface area contributed by atoms with E-state index < -0.39 is 0 Å². The van der Waals surface area contributed by atoms with Crippen molar-refractivity contribution in [3.8, 4) is 5.88 Å². The maximum absolute atomic E-state index is 11.5. The highest BCUT2D eigenvalue weighted by atomic mass is 16.5. The number of rotatable bonds is 4. The number of hydrogen-bond donors (Lipinski definition) is 1. The fraction of sp³-hybridized carbons (Fsp3) is 0.571. The molecule has 1 aromatic rings. The third-order valence-corrected chi connectivity index (χ3v) is 3.50. The Morgan fingerprint density at radius 2 is 2.21 bits per heavy atom. The number of aromatic nitrogens is 1. The molecule has 1 aromatic heterocycles. The predicted molar refractivity (Wildman–Crippen MR) is 71.3 cm³/mol. The Kier molecular flexibility index (Phi) is 4.74. The second-order valence-electron chi connectivity index (χ2n) is 4.71. The van der Waals surface area contributed by atoms with Gasteiger partial charge in [0.1, 0.15) is 6.10 Å². The topological polar surface area (TPSA) is 60.5 Å². The van der Waals surface area contributed by atoms with E-state index in [4.69, 9.17) is 4.74 Å². The van der Waals surface area contributed by atoms with E-state index in [1.54, 1.807) is 18.3 Å². The molecule has 0 bridgehead atoms. The van der Waals surface area contributed by atoms with Crippen LogP contribution in [0.5, 0.6) is 5.88 Å². The van der Waals surface area contributed by atoms with Crippen LogP contribution in [0.25, 0.3) is 0 Å². The summed E-state index contributed by atoms with van der Waals surface area (Å²) in [5.41, 5.74) is 0.462. The van der Waals surface area contributed by atoms with E-state index in [1.165, 1.54) is 20.0 Å². The average Bonchev–Trinajstić information content (AvgIpc) is 2.47. The molecule has 104 valence electrons. The molecular weight excluding hydrogens is 244 g/mol. The molecule has 5 heteroatoms. The summed E-state index contributed by atoms with van der Waals surface area (Å²) in [6.45, 7) is 0. The Morgan fingerprint density at radius 3 is 2.95 bits per heavy atom. The van der Waals surface area contributed by atoms with Crippen molar-refractivity contribution in [1.29, 1.82) is 0 Å². The van der Waals surface area contributed by atoms with Crippen LogP contribution in [0.15, 0.2) is 18.3 Å². The number of methoxy groups -OCH3 is 1. The summed E-state index contributed by atoms with van der Waals surface area (Å²) in [4.78, 5) is 15.6. The van der Waals surface area contributed by atoms with Crippen molar-refractivity contribution in [1.82, 2.24) is 10.3 Å². The Labute approximate surface area is 113 Å². The molecule has 0 saturated heterocycles. The molecule has 5 nitrogen and oxygen atoms in total. The number of carbonyl (C=O) groups excluding carboxylic acids is 1. The van der Waals surface area contributed by atoms with Gasteiger partial charge in [-0.1, -0.05) is 6.42 Å². The molecule has 1 aliphatic rings. The van der Waals surface area contributed by atoms with Gasteiger partial charge in [0, 0.05) is 18.3 Å². The van der Waals surface area contributed by atoms with Crippen molar-refractivity contribution in [2.24, 2.45) is 0 Å². The number of pyridine rings is 1. The monoisotopic (exact) mass is 264 g/mol. The summed E-state index contributed by atoms with van der Waals surface area (Å²) in [6.07, 6.45) is 6.19. The highest BCUT2D eigenvalue weighted by Gasteiger charge is 2.25. The summed E-state index contributed by atoms with van der Waals surface area (Å²) >= 11 is 0. The number of likely N-dealkylation sites (N-methyl/N-ethyl adjacent to an activating group) is 1. The second kappa shape index (κ2) is 6.52. The number of carbonyl (C=O) groups is 1. The number of ether oxygens (including phenoxy) is 2. The molecule has 2 unspecified atom stereocenters. The summed E-state index contributed by atoms with van der Waals surface area (Å²) in [5, 5.41) is 3.28. The standard InChI is InChI=1S/C14H20N2O3/c1-15-11-5-3-4-6-12(11)19-13-9-10(7-8-16-13)14(17)18-2/h7-9,11-12,15H,3-6H2,1-2H3. The third-order valence-electron chi connectivity index (χ3n) is 3.50. The minimum Gasteiger partial charge on any atom is -0.473 e. The lowest BCUT2D eigenvalue weighted by molar-refractivity contribution is 0.0598. The first kappa shape index (κ1) is 13.8. The molecule has 1 aliphatic carbocycles. The van der Waals surface area contributed by atoms with Crippen molar-refractivity contribution in [2.75, 3.05) is 14.2 Å². The summed E-state index contributed by atoms with van der Waals surface area (Å²) < 4.78 is 10.6. The van der Waals surface area contributed by atoms with E-state index in [0.717, 1.165) is 12.8 Å². The quantitative estimate of drug-likeness (QED) is 0.840. The summed E-state index contributed by atoms with van der Waals surface area (Å²) in [6, 6.07) is 3.60. The zero-order chi connectivity index (χ0) is 13.7. The molecule has 1 heterocycles. The summed E-state index contributed by atoms with van der Waals surface area (Å²) in [7, 11) is 3.31. The number of hydrogen-bond acceptors (Lipinski definition) is 5. The van der Waals surface area contributed by atoms with Gasteiger partial charge < -0.3 is 14.8 Å². The van der Waals surface area contributed by atoms with Gasteiger partial charge in [0.15, 0.2) is 0 Å². The molecule has 0 spiro atoms. The van der Waals surface area contributed by atoms with Crippen molar-refractivity contribution in [3.05, 3.63) is 23.9 Å². The van der Waals surface area contributed by atoms with Gasteiger partial charge in [0.2, 0.25) is 5.88 Å². The van der Waals surface area contributed by atoms with Crippen LogP contribution in [0.3, 0.4) is 0 Å². The van der Waals surface area contributed by atoms with Crippen molar-refractivity contribution >= 4 is 5.97 Å². The molecular formula is C14H20N2O3. The minimum atomic E-state index is -0.374. The Bertz CT molecular complexity index is 436. The second-order valence-corrected chi connectivity index (χ2v) is 4.71. The van der Waals surface area contributed by atoms with Crippen LogP contribution in [0.2, 0.25) is 0 Å². The Balaban J connectivity index is 2.07. The molecule has 19 heavy (non-hydrogen) atoms. The molecule has 0 aliphatic heterocycles. The van der Waals surface area contributed by atoms with Crippen LogP contribution >= 0.6 is 0 Å². The first-order valence-corrected chi connectivity index (χ1v) is 6.63. The van der Waals surface area contributed by atoms with E-state index in [9.17, 15) is 4.79 Å². The first-order chi connectivity index (χ1) is 9.24. The Hall–Kier alpha value is -1.62. The highest BCUT2D eigenvalue weighted by molar-refractivity contribution is 5.89. The van der Waals surface area contributed by atoms with Gasteiger partial charge in [-0.25, -0.2) is 9.78 Å². The molecule has 1 N–H and O–H groups in total. The van der Waals surface area contributed by atoms with E-state index >= 15 is 0 Å². The maximum atomic E-state index is 11.5. The minimum absolute atomic E-state index is 0.110. The lowest BCUT2D eigenvalue weighted by Gasteiger charge is -2.31. The largest absolute Gasteiger partial charge is 0.473 e. The van der Waals surface area contributed by atoms with Crippen molar-refractivity contribution in [2.45, 2.75) is 37.8 Å². The van der Waals surface area contributed by atoms with Crippen molar-refractivity contribution < 1.29 is 14.3 Å². The fourth-order valence-electron chi connectivity index (χ4n) is 2.44. The van der Waals surface area contributed by atoms with E-state index in [2.05, 4.69) is 15.0 Å². The molecule has 0 amide bonds. The normalized spacial score (nSPS) is 22.8. The number of esters is 1. The van der Waals surface area contributed by atoms with Gasteiger partial charge in [0.05, 0.1) is 12.7 Å². The van der Waals surface area contributed by atoms with Crippen LogP contribution in [0, 0.1) is 0 Å². The van der Waals surface area contributed by atoms with Gasteiger partial charge in [-0.3, -0.25) is 0 Å². The first-order valence-electron chi connectivity index (χ1n) is 6.63. The fourth-order valence-corrected chi connectivity index (χ4v) is 2.44. The SMILES string of the molecule is CNC1CCCCC1Oc1cc(C(=O)OC)ccn1. The molecule has 2 atom stereocenters. The van der Waals surface area contributed by atoms with Gasteiger partial charge >= 0.3 is 5.97 Å². The molecule has 2 rings (SSSR count). The molecule has 0 radical (unpaired) electrons. The predicted octanol–water partition coefficient (Wildman–Crippen LogP) is 1.78.